The average Bonchev–Trinajstić information content (AvgIpc) is 2.72. The quantitative estimate of drug-likeness (QED) is 0.860. The summed E-state index contributed by atoms with van der Waals surface area (Å²) in [5.41, 5.74) is 0.259. The second-order valence-corrected chi connectivity index (χ2v) is 5.28. The number of rotatable bonds is 4. The molecular weight excluding hydrogens is 246 g/mol. The minimum Gasteiger partial charge on any atom is -0.481 e. The van der Waals surface area contributed by atoms with E-state index in [1.807, 2.05) is 12.1 Å². The van der Waals surface area contributed by atoms with E-state index < -0.39 is 11.5 Å². The smallest absolute Gasteiger partial charge is 0.318 e. The first-order chi connectivity index (χ1) is 8.90. The summed E-state index contributed by atoms with van der Waals surface area (Å²) in [6.07, 6.45) is 3.27. The van der Waals surface area contributed by atoms with Gasteiger partial charge in [0.2, 0.25) is 0 Å². The molecule has 1 saturated heterocycles. The van der Waals surface area contributed by atoms with Crippen LogP contribution in [0, 0.1) is 0 Å². The van der Waals surface area contributed by atoms with Gasteiger partial charge < -0.3 is 15.3 Å². The largest absolute Gasteiger partial charge is 0.481 e. The fourth-order valence-electron chi connectivity index (χ4n) is 2.31. The van der Waals surface area contributed by atoms with Gasteiger partial charge in [0.25, 0.3) is 0 Å². The zero-order valence-electron chi connectivity index (χ0n) is 11.0. The third-order valence-electron chi connectivity index (χ3n) is 3.33. The van der Waals surface area contributed by atoms with Gasteiger partial charge in [-0.1, -0.05) is 0 Å². The zero-order valence-corrected chi connectivity index (χ0v) is 11.0. The number of pyridine rings is 1. The summed E-state index contributed by atoms with van der Waals surface area (Å²) >= 11 is 0. The van der Waals surface area contributed by atoms with Crippen LogP contribution >= 0.6 is 0 Å². The predicted octanol–water partition coefficient (Wildman–Crippen LogP) is 1.40. The molecule has 6 heteroatoms. The van der Waals surface area contributed by atoms with Gasteiger partial charge in [-0.15, -0.1) is 0 Å². The van der Waals surface area contributed by atoms with Crippen LogP contribution in [0.15, 0.2) is 24.5 Å². The topological polar surface area (TPSA) is 82.5 Å². The molecule has 0 saturated carbocycles. The van der Waals surface area contributed by atoms with Crippen molar-refractivity contribution in [1.82, 2.24) is 15.2 Å². The molecule has 2 N–H and O–H groups in total. The molecule has 2 heterocycles. The Hall–Kier alpha value is -2.11. The highest BCUT2D eigenvalue weighted by molar-refractivity contribution is 5.79. The number of carbonyl (C=O) groups is 2. The Morgan fingerprint density at radius 3 is 2.74 bits per heavy atom. The summed E-state index contributed by atoms with van der Waals surface area (Å²) in [6, 6.07) is 3.34. The van der Waals surface area contributed by atoms with Crippen LogP contribution < -0.4 is 5.32 Å². The Morgan fingerprint density at radius 1 is 1.53 bits per heavy atom. The maximum absolute atomic E-state index is 12.0. The van der Waals surface area contributed by atoms with Crippen LogP contribution in [0.5, 0.6) is 0 Å². The minimum atomic E-state index is -0.912. The molecule has 2 rings (SSSR count). The van der Waals surface area contributed by atoms with Crippen LogP contribution in [0.4, 0.5) is 4.79 Å². The van der Waals surface area contributed by atoms with Gasteiger partial charge in [-0.05, 0) is 31.5 Å². The van der Waals surface area contributed by atoms with Crippen LogP contribution in [-0.4, -0.2) is 39.1 Å². The second kappa shape index (κ2) is 4.87. The van der Waals surface area contributed by atoms with Crippen molar-refractivity contribution in [3.05, 3.63) is 30.1 Å². The Morgan fingerprint density at radius 2 is 2.16 bits per heavy atom. The van der Waals surface area contributed by atoms with Gasteiger partial charge in [-0.2, -0.15) is 0 Å². The molecule has 0 spiro atoms. The zero-order chi connectivity index (χ0) is 14.0. The van der Waals surface area contributed by atoms with E-state index >= 15 is 0 Å². The Kier molecular flexibility index (Phi) is 3.42. The van der Waals surface area contributed by atoms with Crippen molar-refractivity contribution in [3.8, 4) is 0 Å². The number of carboxylic acid groups (broad SMARTS) is 1. The molecule has 0 bridgehead atoms. The molecule has 1 unspecified atom stereocenters. The van der Waals surface area contributed by atoms with E-state index in [0.29, 0.717) is 6.54 Å². The minimum absolute atomic E-state index is 0.0799. The molecule has 1 aliphatic rings. The van der Waals surface area contributed by atoms with Crippen molar-refractivity contribution in [3.63, 3.8) is 0 Å². The van der Waals surface area contributed by atoms with E-state index in [1.165, 1.54) is 0 Å². The van der Waals surface area contributed by atoms with Crippen LogP contribution in [0.3, 0.4) is 0 Å². The molecule has 0 aromatic carbocycles. The van der Waals surface area contributed by atoms with E-state index in [2.05, 4.69) is 10.3 Å². The van der Waals surface area contributed by atoms with Crippen LogP contribution in [0.2, 0.25) is 0 Å². The Bertz CT molecular complexity index is 487. The average molecular weight is 263 g/mol. The van der Waals surface area contributed by atoms with Gasteiger partial charge in [0.1, 0.15) is 0 Å². The third-order valence-corrected chi connectivity index (χ3v) is 3.33. The summed E-state index contributed by atoms with van der Waals surface area (Å²) in [4.78, 5) is 28.4. The molecule has 0 radical (unpaired) electrons. The number of carboxylic acids is 1. The van der Waals surface area contributed by atoms with Gasteiger partial charge in [0.05, 0.1) is 12.5 Å². The first-order valence-corrected chi connectivity index (χ1v) is 6.10. The first kappa shape index (κ1) is 13.3. The number of nitrogens with zero attached hydrogens (tertiary/aromatic N) is 2. The molecule has 1 aromatic rings. The maximum Gasteiger partial charge on any atom is 0.318 e. The molecule has 19 heavy (non-hydrogen) atoms. The molecule has 1 aromatic heterocycles. The van der Waals surface area contributed by atoms with E-state index in [1.54, 1.807) is 31.1 Å². The first-order valence-electron chi connectivity index (χ1n) is 6.10. The normalized spacial score (nSPS) is 19.4. The standard InChI is InChI=1S/C13H17N3O3/c1-13(2,7-11(17)18)16-8-10(15-12(16)19)9-3-5-14-6-4-9/h3-6,10H,7-8H2,1-2H3,(H,15,19)(H,17,18). The Balaban J connectivity index is 2.14. The highest BCUT2D eigenvalue weighted by Gasteiger charge is 2.40. The fraction of sp³-hybridized carbons (Fsp3) is 0.462. The van der Waals surface area contributed by atoms with Gasteiger partial charge >= 0.3 is 12.0 Å². The predicted molar refractivity (Wildman–Crippen MR) is 68.5 cm³/mol. The maximum atomic E-state index is 12.0. The van der Waals surface area contributed by atoms with Crippen molar-refractivity contribution in [2.75, 3.05) is 6.54 Å². The van der Waals surface area contributed by atoms with Crippen molar-refractivity contribution in [2.24, 2.45) is 0 Å². The lowest BCUT2D eigenvalue weighted by Crippen LogP contribution is -2.47. The lowest BCUT2D eigenvalue weighted by atomic mass is 9.98. The molecule has 102 valence electrons. The lowest BCUT2D eigenvalue weighted by molar-refractivity contribution is -0.139. The third kappa shape index (κ3) is 2.83. The number of hydrogen-bond acceptors (Lipinski definition) is 3. The fourth-order valence-corrected chi connectivity index (χ4v) is 2.31. The highest BCUT2D eigenvalue weighted by atomic mass is 16.4. The molecule has 1 fully saturated rings. The number of carbonyl (C=O) groups excluding carboxylic acids is 1. The van der Waals surface area contributed by atoms with Crippen LogP contribution in [-0.2, 0) is 4.79 Å². The summed E-state index contributed by atoms with van der Waals surface area (Å²) in [7, 11) is 0. The van der Waals surface area contributed by atoms with Crippen molar-refractivity contribution in [1.29, 1.82) is 0 Å². The highest BCUT2D eigenvalue weighted by Crippen LogP contribution is 2.28. The molecule has 0 aliphatic carbocycles. The lowest BCUT2D eigenvalue weighted by Gasteiger charge is -2.33. The summed E-state index contributed by atoms with van der Waals surface area (Å²) < 4.78 is 0. The van der Waals surface area contributed by atoms with Gasteiger partial charge in [-0.25, -0.2) is 4.79 Å². The number of amides is 2. The summed E-state index contributed by atoms with van der Waals surface area (Å²) in [5, 5.41) is 11.8. The van der Waals surface area contributed by atoms with Gasteiger partial charge in [-0.3, -0.25) is 9.78 Å². The van der Waals surface area contributed by atoms with Crippen molar-refractivity contribution in [2.45, 2.75) is 31.8 Å². The monoisotopic (exact) mass is 263 g/mol. The van der Waals surface area contributed by atoms with E-state index in [-0.39, 0.29) is 18.5 Å². The number of urea groups is 1. The van der Waals surface area contributed by atoms with E-state index in [9.17, 15) is 9.59 Å². The number of nitrogens with one attached hydrogen (secondary N) is 1. The molecule has 2 amide bonds. The summed E-state index contributed by atoms with van der Waals surface area (Å²) in [5.74, 6) is -0.912. The molecule has 1 atom stereocenters. The van der Waals surface area contributed by atoms with Crippen molar-refractivity contribution >= 4 is 12.0 Å². The molecule has 1 aliphatic heterocycles. The number of aliphatic carboxylic acids is 1. The van der Waals surface area contributed by atoms with Crippen LogP contribution in [0.25, 0.3) is 0 Å². The number of aromatic nitrogens is 1. The van der Waals surface area contributed by atoms with E-state index in [4.69, 9.17) is 5.11 Å². The van der Waals surface area contributed by atoms with Crippen molar-refractivity contribution < 1.29 is 14.7 Å². The molecule has 6 nitrogen and oxygen atoms in total. The van der Waals surface area contributed by atoms with Gasteiger partial charge in [0.15, 0.2) is 0 Å². The molecular formula is C13H17N3O3. The van der Waals surface area contributed by atoms with Crippen LogP contribution in [0.1, 0.15) is 31.9 Å². The number of hydrogen-bond donors (Lipinski definition) is 2. The Labute approximate surface area is 111 Å². The summed E-state index contributed by atoms with van der Waals surface area (Å²) in [6.45, 7) is 3.98. The van der Waals surface area contributed by atoms with Gasteiger partial charge in [0, 0.05) is 24.5 Å². The van der Waals surface area contributed by atoms with E-state index in [0.717, 1.165) is 5.56 Å². The second-order valence-electron chi connectivity index (χ2n) is 5.28. The SMILES string of the molecule is CC(C)(CC(=O)O)N1CC(c2ccncc2)NC1=O.